The lowest BCUT2D eigenvalue weighted by molar-refractivity contribution is 0.598. The van der Waals surface area contributed by atoms with Crippen molar-refractivity contribution in [2.24, 2.45) is 4.99 Å². The molecule has 1 aromatic carbocycles. The number of aromatic nitrogens is 3. The Kier molecular flexibility index (Phi) is 5.98. The Morgan fingerprint density at radius 1 is 1.20 bits per heavy atom. The first-order valence-electron chi connectivity index (χ1n) is 8.87. The van der Waals surface area contributed by atoms with Gasteiger partial charge in [0.1, 0.15) is 17.5 Å². The van der Waals surface area contributed by atoms with Crippen LogP contribution in [0.5, 0.6) is 0 Å². The van der Waals surface area contributed by atoms with Crippen LogP contribution in [-0.2, 0) is 25.9 Å². The molecule has 0 radical (unpaired) electrons. The predicted octanol–water partition coefficient (Wildman–Crippen LogP) is 2.05. The Hall–Kier alpha value is -2.44. The molecule has 1 aliphatic heterocycles. The molecule has 25 heavy (non-hydrogen) atoms. The Morgan fingerprint density at radius 2 is 2.08 bits per heavy atom. The van der Waals surface area contributed by atoms with E-state index in [9.17, 15) is 4.39 Å². The third-order valence-electron chi connectivity index (χ3n) is 4.45. The van der Waals surface area contributed by atoms with Crippen LogP contribution in [0, 0.1) is 5.82 Å². The Labute approximate surface area is 147 Å². The first-order chi connectivity index (χ1) is 12.3. The van der Waals surface area contributed by atoms with E-state index in [1.54, 1.807) is 19.2 Å². The van der Waals surface area contributed by atoms with Gasteiger partial charge in [0.2, 0.25) is 0 Å². The quantitative estimate of drug-likeness (QED) is 0.643. The number of fused-ring (bicyclic) bond motifs is 1. The molecule has 2 heterocycles. The Morgan fingerprint density at radius 3 is 2.92 bits per heavy atom. The van der Waals surface area contributed by atoms with Gasteiger partial charge in [-0.25, -0.2) is 4.39 Å². The Balaban J connectivity index is 1.49. The molecule has 0 aliphatic carbocycles. The third kappa shape index (κ3) is 4.55. The number of aryl methyl sites for hydroxylation is 1. The van der Waals surface area contributed by atoms with E-state index < -0.39 is 0 Å². The summed E-state index contributed by atoms with van der Waals surface area (Å²) in [5.74, 6) is 2.57. The molecule has 2 aromatic rings. The number of hydrogen-bond donors (Lipinski definition) is 2. The molecule has 1 aromatic heterocycles. The van der Waals surface area contributed by atoms with E-state index in [2.05, 4.69) is 30.4 Å². The van der Waals surface area contributed by atoms with Gasteiger partial charge in [-0.3, -0.25) is 4.99 Å². The fourth-order valence-electron chi connectivity index (χ4n) is 3.06. The van der Waals surface area contributed by atoms with Gasteiger partial charge in [-0.1, -0.05) is 24.6 Å². The summed E-state index contributed by atoms with van der Waals surface area (Å²) in [5.41, 5.74) is 0.619. The van der Waals surface area contributed by atoms with Gasteiger partial charge < -0.3 is 15.2 Å². The molecule has 0 saturated carbocycles. The van der Waals surface area contributed by atoms with Crippen molar-refractivity contribution in [2.75, 3.05) is 13.6 Å². The van der Waals surface area contributed by atoms with E-state index in [0.717, 1.165) is 31.0 Å². The number of halogens is 1. The second-order valence-electron chi connectivity index (χ2n) is 6.19. The first-order valence-corrected chi connectivity index (χ1v) is 8.87. The maximum Gasteiger partial charge on any atom is 0.191 e. The van der Waals surface area contributed by atoms with E-state index >= 15 is 0 Å². The van der Waals surface area contributed by atoms with Gasteiger partial charge in [0.25, 0.3) is 0 Å². The predicted molar refractivity (Wildman–Crippen MR) is 95.9 cm³/mol. The van der Waals surface area contributed by atoms with Gasteiger partial charge in [0, 0.05) is 45.1 Å². The molecule has 6 nitrogen and oxygen atoms in total. The van der Waals surface area contributed by atoms with Crippen LogP contribution in [0.25, 0.3) is 0 Å². The number of benzene rings is 1. The molecule has 134 valence electrons. The van der Waals surface area contributed by atoms with Crippen LogP contribution < -0.4 is 10.6 Å². The zero-order valence-electron chi connectivity index (χ0n) is 14.6. The minimum absolute atomic E-state index is 0.211. The molecule has 0 atom stereocenters. The molecule has 0 unspecified atom stereocenters. The number of rotatable bonds is 5. The zero-order chi connectivity index (χ0) is 17.5. The SMILES string of the molecule is CN=C(NCCc1nnc2n1CCCCC2)NCc1ccccc1F. The molecule has 3 rings (SSSR count). The van der Waals surface area contributed by atoms with Gasteiger partial charge in [-0.2, -0.15) is 0 Å². The zero-order valence-corrected chi connectivity index (χ0v) is 14.6. The van der Waals surface area contributed by atoms with Gasteiger partial charge >= 0.3 is 0 Å². The third-order valence-corrected chi connectivity index (χ3v) is 4.45. The molecular weight excluding hydrogens is 319 g/mol. The van der Waals surface area contributed by atoms with Crippen molar-refractivity contribution in [3.63, 3.8) is 0 Å². The summed E-state index contributed by atoms with van der Waals surface area (Å²) in [4.78, 5) is 4.18. The van der Waals surface area contributed by atoms with Crippen LogP contribution in [0.15, 0.2) is 29.3 Å². The lowest BCUT2D eigenvalue weighted by Gasteiger charge is -2.12. The van der Waals surface area contributed by atoms with Crippen molar-refractivity contribution in [1.29, 1.82) is 0 Å². The van der Waals surface area contributed by atoms with Gasteiger partial charge in [-0.15, -0.1) is 10.2 Å². The highest BCUT2D eigenvalue weighted by Gasteiger charge is 2.14. The highest BCUT2D eigenvalue weighted by molar-refractivity contribution is 5.79. The molecular formula is C18H25FN6. The number of aliphatic imine (C=N–C) groups is 1. The number of hydrogen-bond acceptors (Lipinski definition) is 3. The standard InChI is InChI=1S/C18H25FN6/c1-20-18(22-13-14-7-4-5-8-15(14)19)21-11-10-17-24-23-16-9-3-2-6-12-25(16)17/h4-5,7-8H,2-3,6,9-13H2,1H3,(H2,20,21,22). The van der Waals surface area contributed by atoms with Gasteiger partial charge in [-0.05, 0) is 18.9 Å². The highest BCUT2D eigenvalue weighted by atomic mass is 19.1. The molecule has 1 aliphatic rings. The maximum atomic E-state index is 13.7. The van der Waals surface area contributed by atoms with Crippen LogP contribution in [0.1, 0.15) is 36.5 Å². The van der Waals surface area contributed by atoms with Gasteiger partial charge in [0.05, 0.1) is 0 Å². The molecule has 0 amide bonds. The van der Waals surface area contributed by atoms with Crippen molar-refractivity contribution in [3.05, 3.63) is 47.3 Å². The molecule has 0 spiro atoms. The van der Waals surface area contributed by atoms with Crippen molar-refractivity contribution in [3.8, 4) is 0 Å². The van der Waals surface area contributed by atoms with Crippen molar-refractivity contribution >= 4 is 5.96 Å². The summed E-state index contributed by atoms with van der Waals surface area (Å²) in [6, 6.07) is 6.74. The van der Waals surface area contributed by atoms with Gasteiger partial charge in [0.15, 0.2) is 5.96 Å². The molecule has 2 N–H and O–H groups in total. The fourth-order valence-corrected chi connectivity index (χ4v) is 3.06. The summed E-state index contributed by atoms with van der Waals surface area (Å²) >= 11 is 0. The lowest BCUT2D eigenvalue weighted by Crippen LogP contribution is -2.38. The van der Waals surface area contributed by atoms with Crippen molar-refractivity contribution < 1.29 is 4.39 Å². The van der Waals surface area contributed by atoms with Crippen LogP contribution in [0.3, 0.4) is 0 Å². The number of nitrogens with one attached hydrogen (secondary N) is 2. The minimum Gasteiger partial charge on any atom is -0.356 e. The first kappa shape index (κ1) is 17.4. The summed E-state index contributed by atoms with van der Waals surface area (Å²) in [6.07, 6.45) is 5.45. The van der Waals surface area contributed by atoms with E-state index in [-0.39, 0.29) is 5.82 Å². The van der Waals surface area contributed by atoms with Crippen LogP contribution in [-0.4, -0.2) is 34.3 Å². The number of nitrogens with zero attached hydrogens (tertiary/aromatic N) is 4. The molecule has 7 heteroatoms. The largest absolute Gasteiger partial charge is 0.356 e. The van der Waals surface area contributed by atoms with Crippen LogP contribution >= 0.6 is 0 Å². The summed E-state index contributed by atoms with van der Waals surface area (Å²) in [7, 11) is 1.71. The minimum atomic E-state index is -0.211. The average molecular weight is 344 g/mol. The Bertz CT molecular complexity index is 724. The smallest absolute Gasteiger partial charge is 0.191 e. The summed E-state index contributed by atoms with van der Waals surface area (Å²) in [6.45, 7) is 2.11. The monoisotopic (exact) mass is 344 g/mol. The van der Waals surface area contributed by atoms with Crippen LogP contribution in [0.2, 0.25) is 0 Å². The summed E-state index contributed by atoms with van der Waals surface area (Å²) in [5, 5.41) is 15.0. The lowest BCUT2D eigenvalue weighted by atomic mass is 10.2. The van der Waals surface area contributed by atoms with Crippen molar-refractivity contribution in [1.82, 2.24) is 25.4 Å². The second-order valence-corrected chi connectivity index (χ2v) is 6.19. The molecule has 0 fully saturated rings. The highest BCUT2D eigenvalue weighted by Crippen LogP contribution is 2.14. The molecule has 0 bridgehead atoms. The van der Waals surface area contributed by atoms with Crippen LogP contribution in [0.4, 0.5) is 4.39 Å². The number of guanidine groups is 1. The molecule has 0 saturated heterocycles. The van der Waals surface area contributed by atoms with Crippen molar-refractivity contribution in [2.45, 2.75) is 45.2 Å². The summed E-state index contributed by atoms with van der Waals surface area (Å²) < 4.78 is 15.9. The topological polar surface area (TPSA) is 67.1 Å². The van der Waals surface area contributed by atoms with E-state index in [0.29, 0.717) is 24.6 Å². The van der Waals surface area contributed by atoms with E-state index in [4.69, 9.17) is 0 Å². The average Bonchev–Trinajstić information content (AvgIpc) is 2.86. The van der Waals surface area contributed by atoms with E-state index in [1.165, 1.54) is 25.3 Å². The fraction of sp³-hybridized carbons (Fsp3) is 0.500. The van der Waals surface area contributed by atoms with E-state index in [1.807, 2.05) is 6.07 Å². The normalized spacial score (nSPS) is 14.7. The second kappa shape index (κ2) is 8.60. The maximum absolute atomic E-state index is 13.7.